The lowest BCUT2D eigenvalue weighted by Gasteiger charge is -2.40. The van der Waals surface area contributed by atoms with Crippen LogP contribution >= 0.6 is 23.2 Å². The highest BCUT2D eigenvalue weighted by Crippen LogP contribution is 2.67. The van der Waals surface area contributed by atoms with Crippen molar-refractivity contribution in [2.75, 3.05) is 11.4 Å². The van der Waals surface area contributed by atoms with Crippen LogP contribution in [0.25, 0.3) is 11.0 Å². The van der Waals surface area contributed by atoms with Gasteiger partial charge in [-0.3, -0.25) is 4.79 Å². The van der Waals surface area contributed by atoms with E-state index < -0.39 is 5.41 Å². The highest BCUT2D eigenvalue weighted by Gasteiger charge is 2.68. The smallest absolute Gasteiger partial charge is 0.239 e. The Bertz CT molecular complexity index is 1180. The minimum Gasteiger partial charge on any atom is -0.312 e. The number of amides is 1. The van der Waals surface area contributed by atoms with Crippen LogP contribution in [0.5, 0.6) is 0 Å². The van der Waals surface area contributed by atoms with Gasteiger partial charge in [0, 0.05) is 18.2 Å². The Labute approximate surface area is 186 Å². The van der Waals surface area contributed by atoms with Crippen molar-refractivity contribution >= 4 is 45.8 Å². The van der Waals surface area contributed by atoms with Crippen molar-refractivity contribution in [2.45, 2.75) is 44.9 Å². The van der Waals surface area contributed by atoms with Crippen LogP contribution in [-0.2, 0) is 10.2 Å². The average molecular weight is 440 g/mol. The Morgan fingerprint density at radius 2 is 1.73 bits per heavy atom. The van der Waals surface area contributed by atoms with Crippen LogP contribution in [0.15, 0.2) is 42.5 Å². The molecule has 0 spiro atoms. The summed E-state index contributed by atoms with van der Waals surface area (Å²) in [5.74, 6) is 0.299. The number of nitrogens with zero attached hydrogens (tertiary/aromatic N) is 3. The van der Waals surface area contributed by atoms with Crippen molar-refractivity contribution in [2.24, 2.45) is 5.41 Å². The van der Waals surface area contributed by atoms with Gasteiger partial charge in [0.2, 0.25) is 5.91 Å². The van der Waals surface area contributed by atoms with Gasteiger partial charge in [-0.1, -0.05) is 55.2 Å². The quantitative estimate of drug-likeness (QED) is 0.491. The second-order valence-corrected chi connectivity index (χ2v) is 9.63. The molecule has 2 aromatic carbocycles. The minimum absolute atomic E-state index is 0.108. The molecule has 1 aromatic heterocycles. The van der Waals surface area contributed by atoms with E-state index in [1.165, 1.54) is 0 Å². The molecule has 4 nitrogen and oxygen atoms in total. The first-order valence-corrected chi connectivity index (χ1v) is 11.1. The maximum absolute atomic E-state index is 14.2. The molecule has 2 atom stereocenters. The molecule has 2 unspecified atom stereocenters. The molecule has 2 aliphatic rings. The number of fused-ring (bicyclic) bond motifs is 6. The molecule has 2 aliphatic carbocycles. The number of benzene rings is 2. The molecule has 154 valence electrons. The summed E-state index contributed by atoms with van der Waals surface area (Å²) in [6, 6.07) is 13.4. The van der Waals surface area contributed by atoms with Crippen LogP contribution in [0.1, 0.15) is 50.9 Å². The van der Waals surface area contributed by atoms with E-state index in [9.17, 15) is 4.79 Å². The first-order chi connectivity index (χ1) is 14.3. The van der Waals surface area contributed by atoms with Crippen LogP contribution in [0, 0.1) is 5.41 Å². The molecule has 1 amide bonds. The third-order valence-corrected chi connectivity index (χ3v) is 7.96. The molecule has 30 heavy (non-hydrogen) atoms. The zero-order chi connectivity index (χ0) is 21.3. The Kier molecular flexibility index (Phi) is 4.39. The van der Waals surface area contributed by atoms with Crippen molar-refractivity contribution in [3.05, 3.63) is 63.9 Å². The average Bonchev–Trinajstić information content (AvgIpc) is 3.10. The molecule has 2 bridgehead atoms. The highest BCUT2D eigenvalue weighted by molar-refractivity contribution is 6.42. The molecule has 0 N–H and O–H groups in total. The van der Waals surface area contributed by atoms with Crippen molar-refractivity contribution in [3.8, 4) is 0 Å². The number of hydrogen-bond acceptors (Lipinski definition) is 3. The molecule has 1 heterocycles. The summed E-state index contributed by atoms with van der Waals surface area (Å²) >= 11 is 12.5. The first-order valence-electron chi connectivity index (χ1n) is 10.4. The predicted octanol–water partition coefficient (Wildman–Crippen LogP) is 6.14. The topological polar surface area (TPSA) is 46.1 Å². The Balaban J connectivity index is 1.73. The second kappa shape index (κ2) is 6.66. The normalized spacial score (nSPS) is 23.6. The maximum atomic E-state index is 14.2. The van der Waals surface area contributed by atoms with Gasteiger partial charge in [-0.25, -0.2) is 9.97 Å². The standard InChI is InChI=1S/C24H23Cl2N3O/c1-4-29(14-8-6-5-7-9-14)22(30)24-11-10-15(23(24,2)3)20-21(24)28-19-13-17(26)16(25)12-18(19)27-20/h5-9,12-13,15H,4,10-11H2,1-3H3. The first kappa shape index (κ1) is 19.8. The molecule has 5 rings (SSSR count). The lowest BCUT2D eigenvalue weighted by molar-refractivity contribution is -0.127. The third kappa shape index (κ3) is 2.44. The van der Waals surface area contributed by atoms with E-state index in [1.807, 2.05) is 42.2 Å². The summed E-state index contributed by atoms with van der Waals surface area (Å²) in [7, 11) is 0. The van der Waals surface area contributed by atoms with Gasteiger partial charge >= 0.3 is 0 Å². The predicted molar refractivity (Wildman–Crippen MR) is 121 cm³/mol. The summed E-state index contributed by atoms with van der Waals surface area (Å²) in [4.78, 5) is 26.0. The number of likely N-dealkylation sites (N-methyl/N-ethyl adjacent to an activating group) is 1. The van der Waals surface area contributed by atoms with Gasteiger partial charge in [-0.15, -0.1) is 0 Å². The summed E-state index contributed by atoms with van der Waals surface area (Å²) in [6.07, 6.45) is 1.71. The van der Waals surface area contributed by atoms with Gasteiger partial charge in [-0.2, -0.15) is 0 Å². The fourth-order valence-corrected chi connectivity index (χ4v) is 5.95. The van der Waals surface area contributed by atoms with Crippen molar-refractivity contribution < 1.29 is 4.79 Å². The van der Waals surface area contributed by atoms with E-state index in [4.69, 9.17) is 33.2 Å². The summed E-state index contributed by atoms with van der Waals surface area (Å²) in [6.45, 7) is 7.00. The summed E-state index contributed by atoms with van der Waals surface area (Å²) < 4.78 is 0. The van der Waals surface area contributed by atoms with Gasteiger partial charge in [0.15, 0.2) is 0 Å². The fraction of sp³-hybridized carbons (Fsp3) is 0.375. The van der Waals surface area contributed by atoms with Gasteiger partial charge < -0.3 is 4.90 Å². The van der Waals surface area contributed by atoms with Gasteiger partial charge in [0.05, 0.1) is 37.9 Å². The van der Waals surface area contributed by atoms with Crippen LogP contribution in [0.3, 0.4) is 0 Å². The maximum Gasteiger partial charge on any atom is 0.239 e. The number of rotatable bonds is 3. The number of anilines is 1. The van der Waals surface area contributed by atoms with E-state index >= 15 is 0 Å². The van der Waals surface area contributed by atoms with Gasteiger partial charge in [0.1, 0.15) is 0 Å². The zero-order valence-corrected chi connectivity index (χ0v) is 18.8. The molecule has 1 saturated carbocycles. The highest BCUT2D eigenvalue weighted by atomic mass is 35.5. The number of hydrogen-bond donors (Lipinski definition) is 0. The van der Waals surface area contributed by atoms with E-state index in [1.54, 1.807) is 12.1 Å². The lowest BCUT2D eigenvalue weighted by Crippen LogP contribution is -2.51. The Hall–Kier alpha value is -2.17. The molecule has 1 fully saturated rings. The SMILES string of the molecule is CCN(C(=O)C12CCC(c3nc4cc(Cl)c(Cl)cc4nc31)C2(C)C)c1ccccc1. The zero-order valence-electron chi connectivity index (χ0n) is 17.2. The Morgan fingerprint density at radius 3 is 2.37 bits per heavy atom. The van der Waals surface area contributed by atoms with E-state index in [0.717, 1.165) is 35.4 Å². The lowest BCUT2D eigenvalue weighted by atomic mass is 9.67. The molecular weight excluding hydrogens is 417 g/mol. The molecule has 6 heteroatoms. The van der Waals surface area contributed by atoms with Crippen LogP contribution in [0.4, 0.5) is 5.69 Å². The van der Waals surface area contributed by atoms with E-state index in [2.05, 4.69) is 13.8 Å². The molecule has 3 aromatic rings. The number of para-hydroxylation sites is 1. The number of carbonyl (C=O) groups is 1. The van der Waals surface area contributed by atoms with E-state index in [0.29, 0.717) is 22.1 Å². The molecular formula is C24H23Cl2N3O. The van der Waals surface area contributed by atoms with Crippen molar-refractivity contribution in [1.82, 2.24) is 9.97 Å². The number of aromatic nitrogens is 2. The van der Waals surface area contributed by atoms with E-state index in [-0.39, 0.29) is 17.2 Å². The van der Waals surface area contributed by atoms with Crippen molar-refractivity contribution in [1.29, 1.82) is 0 Å². The molecule has 0 aliphatic heterocycles. The Morgan fingerprint density at radius 1 is 1.10 bits per heavy atom. The fourth-order valence-electron chi connectivity index (χ4n) is 5.63. The number of halogens is 2. The summed E-state index contributed by atoms with van der Waals surface area (Å²) in [5, 5.41) is 0.911. The van der Waals surface area contributed by atoms with Crippen LogP contribution < -0.4 is 4.90 Å². The number of carbonyl (C=O) groups excluding carboxylic acids is 1. The van der Waals surface area contributed by atoms with Gasteiger partial charge in [0.25, 0.3) is 0 Å². The minimum atomic E-state index is -0.702. The van der Waals surface area contributed by atoms with Crippen molar-refractivity contribution in [3.63, 3.8) is 0 Å². The monoisotopic (exact) mass is 439 g/mol. The third-order valence-electron chi connectivity index (χ3n) is 7.24. The second-order valence-electron chi connectivity index (χ2n) is 8.82. The van der Waals surface area contributed by atoms with Crippen LogP contribution in [0.2, 0.25) is 10.0 Å². The summed E-state index contributed by atoms with van der Waals surface area (Å²) in [5.41, 5.74) is 3.09. The van der Waals surface area contributed by atoms with Gasteiger partial charge in [-0.05, 0) is 49.4 Å². The largest absolute Gasteiger partial charge is 0.312 e. The van der Waals surface area contributed by atoms with Crippen LogP contribution in [-0.4, -0.2) is 22.4 Å². The molecule has 0 saturated heterocycles. The molecule has 0 radical (unpaired) electrons.